The highest BCUT2D eigenvalue weighted by atomic mass is 16.5. The van der Waals surface area contributed by atoms with Gasteiger partial charge in [0.1, 0.15) is 17.2 Å². The molecule has 0 heterocycles. The van der Waals surface area contributed by atoms with Crippen LogP contribution in [0.25, 0.3) is 0 Å². The van der Waals surface area contributed by atoms with Crippen LogP contribution in [0.15, 0.2) is 42.5 Å². The molecule has 2 aromatic carbocycles. The van der Waals surface area contributed by atoms with E-state index in [2.05, 4.69) is 0 Å². The quantitative estimate of drug-likeness (QED) is 0.815. The molecule has 0 aliphatic heterocycles. The Morgan fingerprint density at radius 3 is 2.11 bits per heavy atom. The lowest BCUT2D eigenvalue weighted by atomic mass is 9.80. The second-order valence-corrected chi connectivity index (χ2v) is 4.18. The largest absolute Gasteiger partial charge is 0.496 e. The van der Waals surface area contributed by atoms with E-state index in [0.29, 0.717) is 17.0 Å². The van der Waals surface area contributed by atoms with Crippen LogP contribution in [0, 0.1) is 6.92 Å². The summed E-state index contributed by atoms with van der Waals surface area (Å²) >= 11 is 0. The molecule has 0 unspecified atom stereocenters. The van der Waals surface area contributed by atoms with Crippen molar-refractivity contribution in [2.24, 2.45) is 0 Å². The standard InChI is InChI=1S/C14H15BO4/c1-10-9-13(7-8-14(10)18-2)19-12-5-3-11(4-6-12)15(16)17/h3-9,16-17H,1-2H3. The molecule has 19 heavy (non-hydrogen) atoms. The maximum atomic E-state index is 9.00. The number of hydrogen-bond donors (Lipinski definition) is 2. The van der Waals surface area contributed by atoms with Gasteiger partial charge in [0, 0.05) is 0 Å². The van der Waals surface area contributed by atoms with Gasteiger partial charge in [-0.25, -0.2) is 0 Å². The van der Waals surface area contributed by atoms with Gasteiger partial charge in [0.05, 0.1) is 7.11 Å². The van der Waals surface area contributed by atoms with Crippen molar-refractivity contribution < 1.29 is 19.5 Å². The number of hydrogen-bond acceptors (Lipinski definition) is 4. The molecular formula is C14H15BO4. The molecule has 2 N–H and O–H groups in total. The zero-order valence-corrected chi connectivity index (χ0v) is 10.8. The molecule has 4 nitrogen and oxygen atoms in total. The van der Waals surface area contributed by atoms with Crippen LogP contribution in [-0.4, -0.2) is 24.3 Å². The Bertz CT molecular complexity index is 552. The molecule has 0 radical (unpaired) electrons. The summed E-state index contributed by atoms with van der Waals surface area (Å²) in [6, 6.07) is 12.1. The van der Waals surface area contributed by atoms with Crippen molar-refractivity contribution >= 4 is 12.6 Å². The Morgan fingerprint density at radius 1 is 0.947 bits per heavy atom. The summed E-state index contributed by atoms with van der Waals surface area (Å²) in [5, 5.41) is 18.0. The first kappa shape index (κ1) is 13.5. The summed E-state index contributed by atoms with van der Waals surface area (Å²) in [6.45, 7) is 1.94. The minimum absolute atomic E-state index is 0.429. The van der Waals surface area contributed by atoms with E-state index in [1.807, 2.05) is 25.1 Å². The minimum Gasteiger partial charge on any atom is -0.496 e. The monoisotopic (exact) mass is 258 g/mol. The fraction of sp³-hybridized carbons (Fsp3) is 0.143. The van der Waals surface area contributed by atoms with E-state index in [4.69, 9.17) is 19.5 Å². The smallest absolute Gasteiger partial charge is 0.488 e. The van der Waals surface area contributed by atoms with Gasteiger partial charge in [-0.15, -0.1) is 0 Å². The summed E-state index contributed by atoms with van der Waals surface area (Å²) in [5.74, 6) is 2.15. The Balaban J connectivity index is 2.14. The van der Waals surface area contributed by atoms with Crippen LogP contribution < -0.4 is 14.9 Å². The van der Waals surface area contributed by atoms with Crippen molar-refractivity contribution in [1.82, 2.24) is 0 Å². The van der Waals surface area contributed by atoms with Crippen LogP contribution in [0.3, 0.4) is 0 Å². The molecule has 0 saturated heterocycles. The van der Waals surface area contributed by atoms with Crippen LogP contribution in [-0.2, 0) is 0 Å². The van der Waals surface area contributed by atoms with Crippen LogP contribution in [0.4, 0.5) is 0 Å². The first-order valence-electron chi connectivity index (χ1n) is 5.89. The predicted molar refractivity (Wildman–Crippen MR) is 74.1 cm³/mol. The van der Waals surface area contributed by atoms with Gasteiger partial charge < -0.3 is 19.5 Å². The van der Waals surface area contributed by atoms with Crippen molar-refractivity contribution in [1.29, 1.82) is 0 Å². The Morgan fingerprint density at radius 2 is 1.58 bits per heavy atom. The molecule has 0 amide bonds. The number of aryl methyl sites for hydroxylation is 1. The third kappa shape index (κ3) is 3.27. The first-order chi connectivity index (χ1) is 9.10. The van der Waals surface area contributed by atoms with E-state index in [9.17, 15) is 0 Å². The zero-order chi connectivity index (χ0) is 13.8. The van der Waals surface area contributed by atoms with Crippen molar-refractivity contribution in [2.75, 3.05) is 7.11 Å². The molecule has 0 aromatic heterocycles. The van der Waals surface area contributed by atoms with E-state index < -0.39 is 7.12 Å². The molecule has 0 fully saturated rings. The molecule has 2 aromatic rings. The molecule has 5 heteroatoms. The van der Waals surface area contributed by atoms with Crippen LogP contribution in [0.5, 0.6) is 17.2 Å². The lowest BCUT2D eigenvalue weighted by Crippen LogP contribution is -2.29. The molecule has 98 valence electrons. The number of rotatable bonds is 4. The highest BCUT2D eigenvalue weighted by Crippen LogP contribution is 2.26. The summed E-state index contributed by atoms with van der Waals surface area (Å²) in [6.07, 6.45) is 0. The van der Waals surface area contributed by atoms with E-state index in [-0.39, 0.29) is 0 Å². The van der Waals surface area contributed by atoms with E-state index in [1.54, 1.807) is 31.4 Å². The fourth-order valence-electron chi connectivity index (χ4n) is 1.76. The van der Waals surface area contributed by atoms with E-state index >= 15 is 0 Å². The molecule has 2 rings (SSSR count). The van der Waals surface area contributed by atoms with Gasteiger partial charge in [-0.05, 0) is 48.3 Å². The average Bonchev–Trinajstić information content (AvgIpc) is 2.39. The highest BCUT2D eigenvalue weighted by molar-refractivity contribution is 6.58. The van der Waals surface area contributed by atoms with Crippen molar-refractivity contribution in [3.05, 3.63) is 48.0 Å². The molecule has 0 spiro atoms. The van der Waals surface area contributed by atoms with Gasteiger partial charge in [-0.2, -0.15) is 0 Å². The van der Waals surface area contributed by atoms with Crippen LogP contribution in [0.2, 0.25) is 0 Å². The lowest BCUT2D eigenvalue weighted by molar-refractivity contribution is 0.409. The third-order valence-corrected chi connectivity index (χ3v) is 2.78. The fourth-order valence-corrected chi connectivity index (χ4v) is 1.76. The van der Waals surface area contributed by atoms with Crippen LogP contribution >= 0.6 is 0 Å². The first-order valence-corrected chi connectivity index (χ1v) is 5.89. The summed E-state index contributed by atoms with van der Waals surface area (Å²) in [4.78, 5) is 0. The summed E-state index contributed by atoms with van der Waals surface area (Å²) < 4.78 is 10.9. The SMILES string of the molecule is COc1ccc(Oc2ccc(B(O)O)cc2)cc1C. The van der Waals surface area contributed by atoms with Crippen molar-refractivity contribution in [2.45, 2.75) is 6.92 Å². The maximum absolute atomic E-state index is 9.00. The van der Waals surface area contributed by atoms with Gasteiger partial charge in [-0.1, -0.05) is 12.1 Å². The van der Waals surface area contributed by atoms with Crippen LogP contribution in [0.1, 0.15) is 5.56 Å². The third-order valence-electron chi connectivity index (χ3n) is 2.78. The van der Waals surface area contributed by atoms with Gasteiger partial charge in [0.15, 0.2) is 0 Å². The minimum atomic E-state index is -1.46. The Hall–Kier alpha value is -1.98. The Kier molecular flexibility index (Phi) is 4.09. The molecular weight excluding hydrogens is 243 g/mol. The van der Waals surface area contributed by atoms with E-state index in [0.717, 1.165) is 11.3 Å². The number of methoxy groups -OCH3 is 1. The number of benzene rings is 2. The predicted octanol–water partition coefficient (Wildman–Crippen LogP) is 1.48. The molecule has 0 saturated carbocycles. The molecule has 0 aliphatic rings. The average molecular weight is 258 g/mol. The van der Waals surface area contributed by atoms with Gasteiger partial charge >= 0.3 is 7.12 Å². The van der Waals surface area contributed by atoms with E-state index in [1.165, 1.54) is 0 Å². The lowest BCUT2D eigenvalue weighted by Gasteiger charge is -2.09. The van der Waals surface area contributed by atoms with Gasteiger partial charge in [0.25, 0.3) is 0 Å². The second kappa shape index (κ2) is 5.78. The zero-order valence-electron chi connectivity index (χ0n) is 10.8. The Labute approximate surface area is 112 Å². The van der Waals surface area contributed by atoms with Gasteiger partial charge in [0.2, 0.25) is 0 Å². The summed E-state index contributed by atoms with van der Waals surface area (Å²) in [5.41, 5.74) is 1.42. The topological polar surface area (TPSA) is 58.9 Å². The second-order valence-electron chi connectivity index (χ2n) is 4.18. The van der Waals surface area contributed by atoms with Crippen molar-refractivity contribution in [3.63, 3.8) is 0 Å². The maximum Gasteiger partial charge on any atom is 0.488 e. The molecule has 0 atom stereocenters. The van der Waals surface area contributed by atoms with Crippen molar-refractivity contribution in [3.8, 4) is 17.2 Å². The molecule has 0 aliphatic carbocycles. The van der Waals surface area contributed by atoms with Gasteiger partial charge in [-0.3, -0.25) is 0 Å². The highest BCUT2D eigenvalue weighted by Gasteiger charge is 2.10. The summed E-state index contributed by atoms with van der Waals surface area (Å²) in [7, 11) is 0.166. The number of ether oxygens (including phenoxy) is 2. The molecule has 0 bridgehead atoms. The normalized spacial score (nSPS) is 10.1.